The summed E-state index contributed by atoms with van der Waals surface area (Å²) in [5, 5.41) is 0.585. The van der Waals surface area contributed by atoms with Gasteiger partial charge in [-0.15, -0.1) is 0 Å². The van der Waals surface area contributed by atoms with Crippen molar-refractivity contribution in [3.8, 4) is 16.7 Å². The molecule has 2 aromatic heterocycles. The Morgan fingerprint density at radius 2 is 1.91 bits per heavy atom. The zero-order valence-electron chi connectivity index (χ0n) is 18.6. The number of amidine groups is 1. The standard InChI is InChI=1S/C24H27N5O3S/c1-17-8-12-26-23(27-17)31-20-9-13-29(14-10-20)15-16-30-18-4-6-19(7-5-18)32-24-28-22-21(33-24)3-2-11-25-22/h2-7,11-12,17,20H,8-10,13-16H2,1H3. The summed E-state index contributed by atoms with van der Waals surface area (Å²) in [5.74, 6) is 1.55. The summed E-state index contributed by atoms with van der Waals surface area (Å²) in [6.45, 7) is 5.59. The van der Waals surface area contributed by atoms with Crippen LogP contribution in [0.1, 0.15) is 26.2 Å². The third-order valence-corrected chi connectivity index (χ3v) is 6.52. The van der Waals surface area contributed by atoms with Crippen molar-refractivity contribution in [2.24, 2.45) is 9.98 Å². The van der Waals surface area contributed by atoms with E-state index in [9.17, 15) is 0 Å². The zero-order chi connectivity index (χ0) is 22.5. The summed E-state index contributed by atoms with van der Waals surface area (Å²) in [6.07, 6.45) is 6.68. The molecule has 172 valence electrons. The van der Waals surface area contributed by atoms with E-state index in [0.717, 1.165) is 55.1 Å². The summed E-state index contributed by atoms with van der Waals surface area (Å²) in [4.78, 5) is 19.8. The predicted octanol–water partition coefficient (Wildman–Crippen LogP) is 4.56. The van der Waals surface area contributed by atoms with Crippen LogP contribution in [0.2, 0.25) is 0 Å². The van der Waals surface area contributed by atoms with Crippen LogP contribution in [0.5, 0.6) is 16.7 Å². The van der Waals surface area contributed by atoms with E-state index in [2.05, 4.69) is 31.8 Å². The molecule has 1 unspecified atom stereocenters. The Hall–Kier alpha value is -3.04. The van der Waals surface area contributed by atoms with Gasteiger partial charge in [-0.25, -0.2) is 15.0 Å². The monoisotopic (exact) mass is 465 g/mol. The van der Waals surface area contributed by atoms with Crippen LogP contribution in [0.4, 0.5) is 0 Å². The van der Waals surface area contributed by atoms with Crippen LogP contribution in [0.25, 0.3) is 10.3 Å². The van der Waals surface area contributed by atoms with Gasteiger partial charge in [-0.1, -0.05) is 11.3 Å². The van der Waals surface area contributed by atoms with Crippen LogP contribution in [0.15, 0.2) is 52.6 Å². The van der Waals surface area contributed by atoms with Crippen LogP contribution in [-0.4, -0.2) is 65.5 Å². The number of aromatic nitrogens is 2. The van der Waals surface area contributed by atoms with Crippen molar-refractivity contribution >= 4 is 33.9 Å². The first kappa shape index (κ1) is 21.8. The maximum absolute atomic E-state index is 5.97. The van der Waals surface area contributed by atoms with Crippen LogP contribution in [0, 0.1) is 0 Å². The highest BCUT2D eigenvalue weighted by Crippen LogP contribution is 2.30. The zero-order valence-corrected chi connectivity index (χ0v) is 19.4. The number of thiazole rings is 1. The highest BCUT2D eigenvalue weighted by Gasteiger charge is 2.22. The van der Waals surface area contributed by atoms with Crippen molar-refractivity contribution in [3.63, 3.8) is 0 Å². The number of aliphatic imine (C=N–C) groups is 2. The van der Waals surface area contributed by atoms with Gasteiger partial charge in [0.1, 0.15) is 24.2 Å². The van der Waals surface area contributed by atoms with Gasteiger partial charge in [0.05, 0.1) is 10.7 Å². The molecule has 0 amide bonds. The van der Waals surface area contributed by atoms with Crippen molar-refractivity contribution in [3.05, 3.63) is 42.6 Å². The molecular weight excluding hydrogens is 438 g/mol. The average molecular weight is 466 g/mol. The quantitative estimate of drug-likeness (QED) is 0.509. The first-order chi connectivity index (χ1) is 16.2. The lowest BCUT2D eigenvalue weighted by Crippen LogP contribution is -2.39. The Morgan fingerprint density at radius 1 is 1.09 bits per heavy atom. The Bertz CT molecular complexity index is 1090. The van der Waals surface area contributed by atoms with Gasteiger partial charge in [-0.05, 0) is 56.2 Å². The van der Waals surface area contributed by atoms with Crippen molar-refractivity contribution in [1.82, 2.24) is 14.9 Å². The molecule has 9 heteroatoms. The van der Waals surface area contributed by atoms with E-state index in [1.54, 1.807) is 6.20 Å². The Balaban J connectivity index is 1.03. The fourth-order valence-corrected chi connectivity index (χ4v) is 4.60. The molecule has 4 heterocycles. The van der Waals surface area contributed by atoms with Gasteiger partial charge in [0.2, 0.25) is 0 Å². The van der Waals surface area contributed by atoms with E-state index in [1.165, 1.54) is 11.3 Å². The Labute approximate surface area is 197 Å². The van der Waals surface area contributed by atoms with Gasteiger partial charge < -0.3 is 14.2 Å². The molecule has 1 saturated heterocycles. The molecule has 0 radical (unpaired) electrons. The first-order valence-corrected chi connectivity index (χ1v) is 12.1. The van der Waals surface area contributed by atoms with E-state index in [1.807, 2.05) is 42.6 Å². The second-order valence-corrected chi connectivity index (χ2v) is 9.19. The molecule has 0 saturated carbocycles. The lowest BCUT2D eigenvalue weighted by molar-refractivity contribution is 0.0821. The second-order valence-electron chi connectivity index (χ2n) is 8.19. The number of pyridine rings is 1. The number of piperidine rings is 1. The fraction of sp³-hybridized carbons (Fsp3) is 0.417. The molecule has 33 heavy (non-hydrogen) atoms. The molecule has 1 aromatic carbocycles. The highest BCUT2D eigenvalue weighted by molar-refractivity contribution is 7.20. The lowest BCUT2D eigenvalue weighted by Gasteiger charge is -2.31. The van der Waals surface area contributed by atoms with Crippen molar-refractivity contribution in [2.45, 2.75) is 38.3 Å². The van der Waals surface area contributed by atoms with Gasteiger partial charge in [0.25, 0.3) is 5.19 Å². The molecular formula is C24H27N5O3S. The fourth-order valence-electron chi connectivity index (χ4n) is 3.81. The Kier molecular flexibility index (Phi) is 6.78. The second kappa shape index (κ2) is 10.3. The molecule has 2 aliphatic heterocycles. The van der Waals surface area contributed by atoms with Gasteiger partial charge in [0, 0.05) is 38.5 Å². The third-order valence-electron chi connectivity index (χ3n) is 5.64. The Morgan fingerprint density at radius 3 is 2.70 bits per heavy atom. The number of likely N-dealkylation sites (tertiary alicyclic amines) is 1. The SMILES string of the molecule is CC1CC=NC(OC2CCN(CCOc3ccc(Oc4nc5ncccc5s4)cc3)CC2)=N1. The average Bonchev–Trinajstić information content (AvgIpc) is 3.24. The predicted molar refractivity (Wildman–Crippen MR) is 130 cm³/mol. The van der Waals surface area contributed by atoms with E-state index < -0.39 is 0 Å². The highest BCUT2D eigenvalue weighted by atomic mass is 32.1. The summed E-state index contributed by atoms with van der Waals surface area (Å²) in [5.41, 5.74) is 0.707. The minimum atomic E-state index is 0.196. The van der Waals surface area contributed by atoms with Crippen LogP contribution >= 0.6 is 11.3 Å². The van der Waals surface area contributed by atoms with Gasteiger partial charge in [0.15, 0.2) is 5.65 Å². The molecule has 0 N–H and O–H groups in total. The molecule has 0 bridgehead atoms. The maximum atomic E-state index is 5.97. The van der Waals surface area contributed by atoms with Gasteiger partial charge >= 0.3 is 6.02 Å². The number of hydrogen-bond donors (Lipinski definition) is 0. The van der Waals surface area contributed by atoms with E-state index >= 15 is 0 Å². The van der Waals surface area contributed by atoms with Gasteiger partial charge in [-0.2, -0.15) is 4.98 Å². The summed E-state index contributed by atoms with van der Waals surface area (Å²) in [6, 6.07) is 12.3. The number of benzene rings is 1. The topological polar surface area (TPSA) is 81.4 Å². The van der Waals surface area contributed by atoms with Crippen LogP contribution < -0.4 is 9.47 Å². The number of nitrogens with zero attached hydrogens (tertiary/aromatic N) is 5. The van der Waals surface area contributed by atoms with Crippen LogP contribution in [-0.2, 0) is 4.74 Å². The third kappa shape index (κ3) is 5.85. The lowest BCUT2D eigenvalue weighted by atomic mass is 10.1. The molecule has 5 rings (SSSR count). The molecule has 1 fully saturated rings. The summed E-state index contributed by atoms with van der Waals surface area (Å²) >= 11 is 1.48. The summed E-state index contributed by atoms with van der Waals surface area (Å²) < 4.78 is 18.8. The molecule has 2 aliphatic rings. The molecule has 0 aliphatic carbocycles. The summed E-state index contributed by atoms with van der Waals surface area (Å²) in [7, 11) is 0. The smallest absolute Gasteiger partial charge is 0.311 e. The molecule has 8 nitrogen and oxygen atoms in total. The number of rotatable bonds is 7. The molecule has 1 atom stereocenters. The van der Waals surface area contributed by atoms with Crippen LogP contribution in [0.3, 0.4) is 0 Å². The minimum Gasteiger partial charge on any atom is -0.492 e. The van der Waals surface area contributed by atoms with E-state index in [-0.39, 0.29) is 12.1 Å². The van der Waals surface area contributed by atoms with E-state index in [0.29, 0.717) is 23.5 Å². The van der Waals surface area contributed by atoms with E-state index in [4.69, 9.17) is 14.2 Å². The minimum absolute atomic E-state index is 0.196. The van der Waals surface area contributed by atoms with Crippen molar-refractivity contribution < 1.29 is 14.2 Å². The molecule has 3 aromatic rings. The van der Waals surface area contributed by atoms with Gasteiger partial charge in [-0.3, -0.25) is 4.90 Å². The maximum Gasteiger partial charge on any atom is 0.311 e. The molecule has 0 spiro atoms. The van der Waals surface area contributed by atoms with Crippen molar-refractivity contribution in [1.29, 1.82) is 0 Å². The first-order valence-electron chi connectivity index (χ1n) is 11.3. The normalized spacial score (nSPS) is 19.4. The number of hydrogen-bond acceptors (Lipinski definition) is 9. The largest absolute Gasteiger partial charge is 0.492 e. The van der Waals surface area contributed by atoms with Crippen molar-refractivity contribution in [2.75, 3.05) is 26.2 Å². The number of ether oxygens (including phenoxy) is 3. The number of fused-ring (bicyclic) bond motifs is 1.